The smallest absolute Gasteiger partial charge is 0.224 e. The first kappa shape index (κ1) is 16.6. The molecule has 0 saturated carbocycles. The van der Waals surface area contributed by atoms with Crippen LogP contribution in [0.2, 0.25) is 0 Å². The zero-order chi connectivity index (χ0) is 16.9. The van der Waals surface area contributed by atoms with Crippen LogP contribution in [0.4, 0.5) is 4.39 Å². The lowest BCUT2D eigenvalue weighted by Crippen LogP contribution is -2.44. The van der Waals surface area contributed by atoms with Gasteiger partial charge in [-0.3, -0.25) is 4.79 Å². The quantitative estimate of drug-likeness (QED) is 0.898. The van der Waals surface area contributed by atoms with E-state index in [1.54, 1.807) is 35.0 Å². The van der Waals surface area contributed by atoms with Gasteiger partial charge in [-0.15, -0.1) is 0 Å². The lowest BCUT2D eigenvalue weighted by Gasteiger charge is -2.25. The first-order valence-corrected chi connectivity index (χ1v) is 7.96. The summed E-state index contributed by atoms with van der Waals surface area (Å²) in [6, 6.07) is 6.19. The number of hydrogen-bond acceptors (Lipinski definition) is 4. The van der Waals surface area contributed by atoms with Crippen LogP contribution in [0, 0.1) is 5.82 Å². The van der Waals surface area contributed by atoms with Crippen LogP contribution in [-0.2, 0) is 16.1 Å². The lowest BCUT2D eigenvalue weighted by molar-refractivity contribution is -0.131. The maximum absolute atomic E-state index is 13.0. The Kier molecular flexibility index (Phi) is 5.22. The van der Waals surface area contributed by atoms with Gasteiger partial charge in [-0.1, -0.05) is 0 Å². The Labute approximate surface area is 140 Å². The topological polar surface area (TPSA) is 59.4 Å². The second-order valence-electron chi connectivity index (χ2n) is 5.95. The van der Waals surface area contributed by atoms with Crippen LogP contribution >= 0.6 is 0 Å². The minimum atomic E-state index is -0.281. The molecule has 128 valence electrons. The molecule has 2 heterocycles. The number of morpholine rings is 1. The molecule has 0 bridgehead atoms. The van der Waals surface area contributed by atoms with Crippen molar-refractivity contribution in [1.82, 2.24) is 20.0 Å². The van der Waals surface area contributed by atoms with E-state index < -0.39 is 0 Å². The molecule has 1 amide bonds. The number of benzene rings is 1. The Hall–Kier alpha value is -2.25. The van der Waals surface area contributed by atoms with E-state index in [2.05, 4.69) is 10.4 Å². The van der Waals surface area contributed by atoms with Crippen molar-refractivity contribution in [3.63, 3.8) is 0 Å². The van der Waals surface area contributed by atoms with Crippen molar-refractivity contribution >= 4 is 5.91 Å². The lowest BCUT2D eigenvalue weighted by atomic mass is 10.2. The molecule has 1 N–H and O–H groups in total. The van der Waals surface area contributed by atoms with E-state index in [0.717, 1.165) is 17.8 Å². The van der Waals surface area contributed by atoms with Crippen molar-refractivity contribution in [1.29, 1.82) is 0 Å². The van der Waals surface area contributed by atoms with Gasteiger partial charge in [0.1, 0.15) is 5.82 Å². The Bertz CT molecular complexity index is 680. The maximum Gasteiger partial charge on any atom is 0.224 e. The van der Waals surface area contributed by atoms with Crippen LogP contribution in [-0.4, -0.2) is 53.4 Å². The predicted octanol–water partition coefficient (Wildman–Crippen LogP) is 1.35. The molecule has 24 heavy (non-hydrogen) atoms. The van der Waals surface area contributed by atoms with Gasteiger partial charge in [0.15, 0.2) is 0 Å². The van der Waals surface area contributed by atoms with Gasteiger partial charge in [-0.2, -0.15) is 5.10 Å². The average molecular weight is 332 g/mol. The van der Waals surface area contributed by atoms with E-state index in [-0.39, 0.29) is 17.8 Å². The molecule has 1 aliphatic heterocycles. The first-order valence-electron chi connectivity index (χ1n) is 7.96. The largest absolute Gasteiger partial charge is 0.378 e. The highest BCUT2D eigenvalue weighted by Gasteiger charge is 2.19. The van der Waals surface area contributed by atoms with Crippen molar-refractivity contribution in [2.75, 3.05) is 26.8 Å². The summed E-state index contributed by atoms with van der Waals surface area (Å²) < 4.78 is 20.0. The standard InChI is InChI=1S/C17H21FN4O2/c1-21(17(23)8-15-12-24-7-6-19-15)10-13-9-20-22(11-13)16-4-2-14(18)3-5-16/h2-5,9,11,15,19H,6-8,10,12H2,1H3/t15-/m0/s1. The third-order valence-electron chi connectivity index (χ3n) is 3.99. The van der Waals surface area contributed by atoms with Crippen LogP contribution in [0.5, 0.6) is 0 Å². The fraction of sp³-hybridized carbons (Fsp3) is 0.412. The summed E-state index contributed by atoms with van der Waals surface area (Å²) >= 11 is 0. The fourth-order valence-electron chi connectivity index (χ4n) is 2.66. The molecule has 0 radical (unpaired) electrons. The van der Waals surface area contributed by atoms with Gasteiger partial charge in [0.05, 0.1) is 25.1 Å². The zero-order valence-electron chi connectivity index (χ0n) is 13.6. The molecule has 1 aromatic carbocycles. The van der Waals surface area contributed by atoms with Crippen molar-refractivity contribution < 1.29 is 13.9 Å². The van der Waals surface area contributed by atoms with Crippen molar-refractivity contribution in [3.05, 3.63) is 48.0 Å². The number of hydrogen-bond donors (Lipinski definition) is 1. The third kappa shape index (κ3) is 4.18. The van der Waals surface area contributed by atoms with E-state index in [0.29, 0.717) is 26.2 Å². The van der Waals surface area contributed by atoms with Gasteiger partial charge in [0, 0.05) is 44.4 Å². The van der Waals surface area contributed by atoms with Crippen molar-refractivity contribution in [3.8, 4) is 5.69 Å². The van der Waals surface area contributed by atoms with E-state index >= 15 is 0 Å². The van der Waals surface area contributed by atoms with Crippen LogP contribution < -0.4 is 5.32 Å². The summed E-state index contributed by atoms with van der Waals surface area (Å²) in [4.78, 5) is 14.0. The number of carbonyl (C=O) groups is 1. The second-order valence-corrected chi connectivity index (χ2v) is 5.95. The molecule has 1 aromatic heterocycles. The molecule has 1 atom stereocenters. The molecular weight excluding hydrogens is 311 g/mol. The Morgan fingerprint density at radius 1 is 1.46 bits per heavy atom. The SMILES string of the molecule is CN(Cc1cnn(-c2ccc(F)cc2)c1)C(=O)C[C@H]1COCCN1. The molecule has 0 unspecified atom stereocenters. The summed E-state index contributed by atoms with van der Waals surface area (Å²) in [6.45, 7) is 2.53. The van der Waals surface area contributed by atoms with E-state index in [9.17, 15) is 9.18 Å². The molecule has 2 aromatic rings. The molecular formula is C17H21FN4O2. The number of aromatic nitrogens is 2. The molecule has 6 nitrogen and oxygen atoms in total. The van der Waals surface area contributed by atoms with Crippen molar-refractivity contribution in [2.45, 2.75) is 19.0 Å². The Morgan fingerprint density at radius 2 is 2.25 bits per heavy atom. The summed E-state index contributed by atoms with van der Waals surface area (Å²) in [6.07, 6.45) is 3.98. The number of halogens is 1. The molecule has 0 aliphatic carbocycles. The van der Waals surface area contributed by atoms with Crippen LogP contribution in [0.1, 0.15) is 12.0 Å². The number of carbonyl (C=O) groups excluding carboxylic acids is 1. The normalized spacial score (nSPS) is 17.7. The van der Waals surface area contributed by atoms with E-state index in [4.69, 9.17) is 4.74 Å². The van der Waals surface area contributed by atoms with E-state index in [1.807, 2.05) is 6.20 Å². The Morgan fingerprint density at radius 3 is 2.96 bits per heavy atom. The highest BCUT2D eigenvalue weighted by molar-refractivity contribution is 5.76. The molecule has 7 heteroatoms. The van der Waals surface area contributed by atoms with Crippen molar-refractivity contribution in [2.24, 2.45) is 0 Å². The number of amides is 1. The van der Waals surface area contributed by atoms with E-state index in [1.165, 1.54) is 12.1 Å². The molecule has 1 aliphatic rings. The van der Waals surface area contributed by atoms with Gasteiger partial charge in [-0.25, -0.2) is 9.07 Å². The number of nitrogens with one attached hydrogen (secondary N) is 1. The first-order chi connectivity index (χ1) is 11.6. The molecule has 1 fully saturated rings. The summed E-state index contributed by atoms with van der Waals surface area (Å²) in [5.41, 5.74) is 1.70. The molecule has 0 spiro atoms. The van der Waals surface area contributed by atoms with Gasteiger partial charge in [0.2, 0.25) is 5.91 Å². The van der Waals surface area contributed by atoms with Gasteiger partial charge in [-0.05, 0) is 24.3 Å². The minimum Gasteiger partial charge on any atom is -0.378 e. The number of nitrogens with zero attached hydrogens (tertiary/aromatic N) is 3. The van der Waals surface area contributed by atoms with Crippen LogP contribution in [0.3, 0.4) is 0 Å². The number of ether oxygens (including phenoxy) is 1. The van der Waals surface area contributed by atoms with Crippen LogP contribution in [0.15, 0.2) is 36.7 Å². The van der Waals surface area contributed by atoms with Gasteiger partial charge >= 0.3 is 0 Å². The highest BCUT2D eigenvalue weighted by Crippen LogP contribution is 2.11. The Balaban J connectivity index is 1.57. The molecule has 3 rings (SSSR count). The van der Waals surface area contributed by atoms with Gasteiger partial charge in [0.25, 0.3) is 0 Å². The minimum absolute atomic E-state index is 0.0625. The monoisotopic (exact) mass is 332 g/mol. The highest BCUT2D eigenvalue weighted by atomic mass is 19.1. The third-order valence-corrected chi connectivity index (χ3v) is 3.99. The fourth-order valence-corrected chi connectivity index (χ4v) is 2.66. The maximum atomic E-state index is 13.0. The summed E-state index contributed by atoms with van der Waals surface area (Å²) in [5, 5.41) is 7.55. The van der Waals surface area contributed by atoms with Gasteiger partial charge < -0.3 is 15.0 Å². The average Bonchev–Trinajstić information content (AvgIpc) is 3.05. The predicted molar refractivity (Wildman–Crippen MR) is 87.2 cm³/mol. The zero-order valence-corrected chi connectivity index (χ0v) is 13.6. The summed E-state index contributed by atoms with van der Waals surface area (Å²) in [7, 11) is 1.78. The molecule has 1 saturated heterocycles. The van der Waals surface area contributed by atoms with Crippen LogP contribution in [0.25, 0.3) is 5.69 Å². The summed E-state index contributed by atoms with van der Waals surface area (Å²) in [5.74, 6) is -0.218. The number of rotatable bonds is 5. The second kappa shape index (κ2) is 7.55.